The van der Waals surface area contributed by atoms with E-state index in [4.69, 9.17) is 14.2 Å². The number of anilines is 1. The molecule has 0 saturated heterocycles. The van der Waals surface area contributed by atoms with Crippen LogP contribution in [0.3, 0.4) is 0 Å². The van der Waals surface area contributed by atoms with Crippen molar-refractivity contribution < 1.29 is 19.0 Å². The topological polar surface area (TPSA) is 56.8 Å². The number of rotatable bonds is 9. The molecule has 0 bridgehead atoms. The van der Waals surface area contributed by atoms with Crippen LogP contribution in [0.2, 0.25) is 0 Å². The molecule has 5 nitrogen and oxygen atoms in total. The Morgan fingerprint density at radius 3 is 1.96 bits per heavy atom. The molecular formula is C20H25NO4. The quantitative estimate of drug-likeness (QED) is 0.743. The summed E-state index contributed by atoms with van der Waals surface area (Å²) in [7, 11) is 0. The zero-order valence-electron chi connectivity index (χ0n) is 15.0. The Morgan fingerprint density at radius 1 is 0.880 bits per heavy atom. The van der Waals surface area contributed by atoms with Crippen LogP contribution in [0.5, 0.6) is 17.2 Å². The first-order valence-electron chi connectivity index (χ1n) is 8.45. The number of carbonyl (C=O) groups is 1. The molecule has 0 saturated carbocycles. The number of benzene rings is 2. The average molecular weight is 343 g/mol. The van der Waals surface area contributed by atoms with Gasteiger partial charge in [-0.15, -0.1) is 0 Å². The van der Waals surface area contributed by atoms with E-state index in [1.807, 2.05) is 43.3 Å². The smallest absolute Gasteiger partial charge is 0.262 e. The Hall–Kier alpha value is -2.69. The van der Waals surface area contributed by atoms with Crippen LogP contribution < -0.4 is 19.5 Å². The van der Waals surface area contributed by atoms with Crippen molar-refractivity contribution in [2.45, 2.75) is 20.8 Å². The second-order valence-corrected chi connectivity index (χ2v) is 5.97. The predicted octanol–water partition coefficient (Wildman–Crippen LogP) is 4.14. The van der Waals surface area contributed by atoms with Crippen LogP contribution in [0.15, 0.2) is 48.5 Å². The molecule has 134 valence electrons. The lowest BCUT2D eigenvalue weighted by molar-refractivity contribution is -0.118. The Bertz CT molecular complexity index is 650. The molecule has 2 aromatic carbocycles. The van der Waals surface area contributed by atoms with Gasteiger partial charge in [-0.2, -0.15) is 0 Å². The number of ether oxygens (including phenoxy) is 3. The van der Waals surface area contributed by atoms with Crippen molar-refractivity contribution in [1.29, 1.82) is 0 Å². The van der Waals surface area contributed by atoms with Crippen molar-refractivity contribution in [2.24, 2.45) is 5.92 Å². The summed E-state index contributed by atoms with van der Waals surface area (Å²) in [4.78, 5) is 12.0. The van der Waals surface area contributed by atoms with E-state index < -0.39 is 0 Å². The van der Waals surface area contributed by atoms with Gasteiger partial charge in [0.1, 0.15) is 17.2 Å². The van der Waals surface area contributed by atoms with Crippen LogP contribution >= 0.6 is 0 Å². The molecule has 0 radical (unpaired) electrons. The molecule has 2 rings (SSSR count). The number of hydrogen-bond acceptors (Lipinski definition) is 4. The van der Waals surface area contributed by atoms with E-state index in [0.717, 1.165) is 11.5 Å². The van der Waals surface area contributed by atoms with Crippen LogP contribution in [0.1, 0.15) is 20.8 Å². The zero-order chi connectivity index (χ0) is 18.1. The molecule has 0 fully saturated rings. The molecule has 0 aliphatic carbocycles. The third-order valence-electron chi connectivity index (χ3n) is 3.23. The van der Waals surface area contributed by atoms with Gasteiger partial charge in [-0.1, -0.05) is 13.8 Å². The highest BCUT2D eigenvalue weighted by atomic mass is 16.5. The van der Waals surface area contributed by atoms with Gasteiger partial charge in [-0.05, 0) is 61.4 Å². The number of hydrogen-bond donors (Lipinski definition) is 1. The maximum Gasteiger partial charge on any atom is 0.262 e. The summed E-state index contributed by atoms with van der Waals surface area (Å²) < 4.78 is 16.4. The fourth-order valence-electron chi connectivity index (χ4n) is 2.04. The predicted molar refractivity (Wildman–Crippen MR) is 98.5 cm³/mol. The number of amides is 1. The summed E-state index contributed by atoms with van der Waals surface area (Å²) in [5.41, 5.74) is 0.706. The maximum absolute atomic E-state index is 12.0. The lowest BCUT2D eigenvalue weighted by Gasteiger charge is -2.10. The summed E-state index contributed by atoms with van der Waals surface area (Å²) in [6.45, 7) is 7.35. The highest BCUT2D eigenvalue weighted by Gasteiger charge is 2.05. The monoisotopic (exact) mass is 343 g/mol. The van der Waals surface area contributed by atoms with E-state index in [-0.39, 0.29) is 12.5 Å². The number of carbonyl (C=O) groups excluding carboxylic acids is 1. The molecule has 1 amide bonds. The van der Waals surface area contributed by atoms with Crippen LogP contribution in [-0.4, -0.2) is 25.7 Å². The van der Waals surface area contributed by atoms with Gasteiger partial charge in [-0.3, -0.25) is 4.79 Å². The second-order valence-electron chi connectivity index (χ2n) is 5.97. The molecule has 25 heavy (non-hydrogen) atoms. The van der Waals surface area contributed by atoms with Crippen molar-refractivity contribution in [3.8, 4) is 17.2 Å². The number of nitrogens with one attached hydrogen (secondary N) is 1. The minimum Gasteiger partial charge on any atom is -0.494 e. The minimum atomic E-state index is -0.218. The molecule has 0 unspecified atom stereocenters. The van der Waals surface area contributed by atoms with E-state index in [0.29, 0.717) is 30.6 Å². The fourth-order valence-corrected chi connectivity index (χ4v) is 2.04. The van der Waals surface area contributed by atoms with Gasteiger partial charge in [0.15, 0.2) is 6.61 Å². The Balaban J connectivity index is 1.77. The van der Waals surface area contributed by atoms with Gasteiger partial charge in [0.2, 0.25) is 0 Å². The van der Waals surface area contributed by atoms with Crippen molar-refractivity contribution in [3.05, 3.63) is 48.5 Å². The van der Waals surface area contributed by atoms with Crippen LogP contribution in [0, 0.1) is 5.92 Å². The zero-order valence-corrected chi connectivity index (χ0v) is 15.0. The van der Waals surface area contributed by atoms with E-state index in [1.165, 1.54) is 0 Å². The van der Waals surface area contributed by atoms with Gasteiger partial charge in [0.25, 0.3) is 5.91 Å². The maximum atomic E-state index is 12.0. The van der Waals surface area contributed by atoms with Gasteiger partial charge in [0, 0.05) is 5.69 Å². The first-order valence-corrected chi connectivity index (χ1v) is 8.45. The summed E-state index contributed by atoms with van der Waals surface area (Å²) in [5.74, 6) is 2.44. The summed E-state index contributed by atoms with van der Waals surface area (Å²) in [5, 5.41) is 2.79. The van der Waals surface area contributed by atoms with Crippen LogP contribution in [-0.2, 0) is 4.79 Å². The standard InChI is InChI=1S/C20H25NO4/c1-4-23-17-9-11-19(12-10-17)25-14-20(22)21-16-5-7-18(8-6-16)24-13-15(2)3/h5-12,15H,4,13-14H2,1-3H3,(H,21,22). The molecule has 0 heterocycles. The minimum absolute atomic E-state index is 0.0560. The van der Waals surface area contributed by atoms with Crippen molar-refractivity contribution in [2.75, 3.05) is 25.1 Å². The lowest BCUT2D eigenvalue weighted by atomic mass is 10.2. The summed E-state index contributed by atoms with van der Waals surface area (Å²) >= 11 is 0. The third kappa shape index (κ3) is 6.75. The lowest BCUT2D eigenvalue weighted by Crippen LogP contribution is -2.20. The molecule has 5 heteroatoms. The van der Waals surface area contributed by atoms with Gasteiger partial charge in [-0.25, -0.2) is 0 Å². The molecule has 1 N–H and O–H groups in total. The Morgan fingerprint density at radius 2 is 1.40 bits per heavy atom. The molecule has 0 spiro atoms. The van der Waals surface area contributed by atoms with Crippen LogP contribution in [0.4, 0.5) is 5.69 Å². The largest absolute Gasteiger partial charge is 0.494 e. The highest BCUT2D eigenvalue weighted by molar-refractivity contribution is 5.91. The summed E-state index contributed by atoms with van der Waals surface area (Å²) in [6, 6.07) is 14.5. The normalized spacial score (nSPS) is 10.4. The third-order valence-corrected chi connectivity index (χ3v) is 3.23. The van der Waals surface area contributed by atoms with Crippen molar-refractivity contribution >= 4 is 11.6 Å². The van der Waals surface area contributed by atoms with Gasteiger partial charge < -0.3 is 19.5 Å². The van der Waals surface area contributed by atoms with E-state index in [9.17, 15) is 4.79 Å². The molecular weight excluding hydrogens is 318 g/mol. The molecule has 0 aromatic heterocycles. The van der Waals surface area contributed by atoms with Crippen LogP contribution in [0.25, 0.3) is 0 Å². The van der Waals surface area contributed by atoms with E-state index in [1.54, 1.807) is 12.1 Å². The first kappa shape index (κ1) is 18.6. The van der Waals surface area contributed by atoms with Crippen molar-refractivity contribution in [3.63, 3.8) is 0 Å². The molecule has 2 aromatic rings. The summed E-state index contributed by atoms with van der Waals surface area (Å²) in [6.07, 6.45) is 0. The Kier molecular flexibility index (Phi) is 7.14. The SMILES string of the molecule is CCOc1ccc(OCC(=O)Nc2ccc(OCC(C)C)cc2)cc1. The molecule has 0 atom stereocenters. The average Bonchev–Trinajstić information content (AvgIpc) is 2.61. The van der Waals surface area contributed by atoms with Gasteiger partial charge >= 0.3 is 0 Å². The fraction of sp³-hybridized carbons (Fsp3) is 0.350. The first-order chi connectivity index (χ1) is 12.1. The second kappa shape index (κ2) is 9.57. The molecule has 0 aliphatic heterocycles. The van der Waals surface area contributed by atoms with Crippen molar-refractivity contribution in [1.82, 2.24) is 0 Å². The Labute approximate surface area is 148 Å². The van der Waals surface area contributed by atoms with E-state index >= 15 is 0 Å². The van der Waals surface area contributed by atoms with E-state index in [2.05, 4.69) is 19.2 Å². The molecule has 0 aliphatic rings. The van der Waals surface area contributed by atoms with Gasteiger partial charge in [0.05, 0.1) is 13.2 Å². The highest BCUT2D eigenvalue weighted by Crippen LogP contribution is 2.18.